The molecule has 0 amide bonds. The zero-order chi connectivity index (χ0) is 44.4. The number of hydrogen-bond acceptors (Lipinski definition) is 7. The lowest BCUT2D eigenvalue weighted by Gasteiger charge is -2.20. The van der Waals surface area contributed by atoms with Crippen molar-refractivity contribution in [2.45, 2.75) is 296 Å². The number of rotatable bonds is 53. The van der Waals surface area contributed by atoms with E-state index in [0.29, 0.717) is 13.0 Å². The van der Waals surface area contributed by atoms with Crippen molar-refractivity contribution in [3.05, 3.63) is 0 Å². The molecule has 1 unspecified atom stereocenters. The van der Waals surface area contributed by atoms with Gasteiger partial charge in [0.05, 0.1) is 19.8 Å². The van der Waals surface area contributed by atoms with E-state index in [1.54, 1.807) is 0 Å². The predicted octanol–water partition coefficient (Wildman–Crippen LogP) is 16.8. The molecule has 0 saturated carbocycles. The summed E-state index contributed by atoms with van der Waals surface area (Å²) in [6, 6.07) is 0. The van der Waals surface area contributed by atoms with Crippen molar-refractivity contribution in [2.24, 2.45) is 5.73 Å². The molecule has 0 aliphatic carbocycles. The normalized spacial score (nSPS) is 13.2. The van der Waals surface area contributed by atoms with Crippen molar-refractivity contribution in [1.82, 2.24) is 0 Å². The first-order valence-corrected chi connectivity index (χ1v) is 28.5. The molecule has 0 rings (SSSR count). The van der Waals surface area contributed by atoms with Gasteiger partial charge in [-0.25, -0.2) is 4.57 Å². The van der Waals surface area contributed by atoms with Crippen LogP contribution in [0.15, 0.2) is 0 Å². The smallest absolute Gasteiger partial charge is 0.457 e. The van der Waals surface area contributed by atoms with Crippen LogP contribution in [0.5, 0.6) is 0 Å². The van der Waals surface area contributed by atoms with Gasteiger partial charge in [0.2, 0.25) is 0 Å². The van der Waals surface area contributed by atoms with E-state index < -0.39 is 13.9 Å². The molecule has 366 valence electrons. The molecule has 0 spiro atoms. The van der Waals surface area contributed by atoms with Gasteiger partial charge in [-0.3, -0.25) is 13.8 Å². The van der Waals surface area contributed by atoms with Crippen LogP contribution in [-0.2, 0) is 27.9 Å². The molecule has 3 N–H and O–H groups in total. The summed E-state index contributed by atoms with van der Waals surface area (Å²) < 4.78 is 33.6. The highest BCUT2D eigenvalue weighted by Crippen LogP contribution is 2.43. The number of hydrogen-bond donors (Lipinski definition) is 2. The Bertz CT molecular complexity index is 909. The molecule has 0 aromatic rings. The molecule has 9 heteroatoms. The molecular weight excluding hydrogens is 782 g/mol. The summed E-state index contributed by atoms with van der Waals surface area (Å²) in [5, 5.41) is 0. The van der Waals surface area contributed by atoms with E-state index in [0.717, 1.165) is 32.1 Å². The molecule has 2 atom stereocenters. The van der Waals surface area contributed by atoms with E-state index in [1.807, 2.05) is 0 Å². The Hall–Kier alpha value is -0.500. The van der Waals surface area contributed by atoms with E-state index in [9.17, 15) is 14.3 Å². The fraction of sp³-hybridized carbons (Fsp3) is 0.981. The third kappa shape index (κ3) is 50.4. The lowest BCUT2D eigenvalue weighted by molar-refractivity contribution is -0.154. The van der Waals surface area contributed by atoms with E-state index >= 15 is 0 Å². The predicted molar refractivity (Wildman–Crippen MR) is 261 cm³/mol. The summed E-state index contributed by atoms with van der Waals surface area (Å²) in [7, 11) is -4.27. The van der Waals surface area contributed by atoms with Crippen LogP contribution < -0.4 is 5.73 Å². The van der Waals surface area contributed by atoms with Crippen molar-refractivity contribution >= 4 is 13.8 Å². The molecule has 0 bridgehead atoms. The number of ether oxygens (including phenoxy) is 2. The number of phosphoric acid groups is 1. The number of phosphoric ester groups is 1. The van der Waals surface area contributed by atoms with E-state index in [2.05, 4.69) is 13.8 Å². The summed E-state index contributed by atoms with van der Waals surface area (Å²) in [6.45, 7) is 5.01. The van der Waals surface area contributed by atoms with Gasteiger partial charge in [0.25, 0.3) is 0 Å². The monoisotopic (exact) mass is 888 g/mol. The van der Waals surface area contributed by atoms with Crippen LogP contribution in [0.4, 0.5) is 0 Å². The Morgan fingerprint density at radius 3 is 1.03 bits per heavy atom. The van der Waals surface area contributed by atoms with Gasteiger partial charge in [0, 0.05) is 19.6 Å². The number of esters is 1. The minimum atomic E-state index is -4.27. The van der Waals surface area contributed by atoms with Gasteiger partial charge in [-0.1, -0.05) is 271 Å². The molecular formula is C52H106NO7P. The molecule has 0 aromatic carbocycles. The van der Waals surface area contributed by atoms with Crippen molar-refractivity contribution in [3.8, 4) is 0 Å². The Kier molecular flexibility index (Phi) is 50.1. The summed E-state index contributed by atoms with van der Waals surface area (Å²) in [6.07, 6.45) is 55.8. The lowest BCUT2D eigenvalue weighted by atomic mass is 10.0. The molecule has 0 saturated heterocycles. The molecule has 0 fully saturated rings. The molecule has 0 heterocycles. The van der Waals surface area contributed by atoms with Crippen molar-refractivity contribution in [2.75, 3.05) is 33.0 Å². The minimum absolute atomic E-state index is 0.0898. The van der Waals surface area contributed by atoms with Crippen LogP contribution in [0.25, 0.3) is 0 Å². The zero-order valence-electron chi connectivity index (χ0n) is 40.9. The molecule has 0 radical (unpaired) electrons. The van der Waals surface area contributed by atoms with Crippen LogP contribution in [-0.4, -0.2) is 49.9 Å². The number of nitrogens with two attached hydrogens (primary N) is 1. The molecule has 61 heavy (non-hydrogen) atoms. The first-order valence-electron chi connectivity index (χ1n) is 27.0. The molecule has 0 aromatic heterocycles. The largest absolute Gasteiger partial charge is 0.472 e. The van der Waals surface area contributed by atoms with E-state index in [-0.39, 0.29) is 32.3 Å². The maximum atomic E-state index is 12.7. The maximum absolute atomic E-state index is 12.7. The number of carbonyl (C=O) groups is 1. The minimum Gasteiger partial charge on any atom is -0.457 e. The van der Waals surface area contributed by atoms with Crippen LogP contribution in [0.2, 0.25) is 0 Å². The quantitative estimate of drug-likeness (QED) is 0.0352. The van der Waals surface area contributed by atoms with E-state index in [1.165, 1.54) is 238 Å². The second kappa shape index (κ2) is 50.5. The van der Waals surface area contributed by atoms with Crippen molar-refractivity contribution in [1.29, 1.82) is 0 Å². The molecule has 0 aliphatic rings. The van der Waals surface area contributed by atoms with Gasteiger partial charge in [0.1, 0.15) is 6.10 Å². The average molecular weight is 888 g/mol. The van der Waals surface area contributed by atoms with Crippen LogP contribution in [0.3, 0.4) is 0 Å². The Labute approximate surface area is 380 Å². The first kappa shape index (κ1) is 60.5. The second-order valence-electron chi connectivity index (χ2n) is 18.5. The van der Waals surface area contributed by atoms with Gasteiger partial charge in [0.15, 0.2) is 0 Å². The summed E-state index contributed by atoms with van der Waals surface area (Å²) in [5.41, 5.74) is 5.39. The summed E-state index contributed by atoms with van der Waals surface area (Å²) in [5.74, 6) is -0.320. The van der Waals surface area contributed by atoms with Crippen molar-refractivity contribution in [3.63, 3.8) is 0 Å². The van der Waals surface area contributed by atoms with Crippen LogP contribution in [0.1, 0.15) is 290 Å². The highest BCUT2D eigenvalue weighted by molar-refractivity contribution is 7.47. The topological polar surface area (TPSA) is 117 Å². The highest BCUT2D eigenvalue weighted by atomic mass is 31.2. The number of carbonyl (C=O) groups excluding carboxylic acids is 1. The fourth-order valence-electron chi connectivity index (χ4n) is 8.30. The maximum Gasteiger partial charge on any atom is 0.472 e. The third-order valence-corrected chi connectivity index (χ3v) is 13.3. The SMILES string of the molecule is CCCCCCCCCCCCCCCCCCCCCCCCCCCCCCC(=O)O[C@H](COCCCCCCCCCCCCCCCC)COP(=O)(O)OCCN. The Balaban J connectivity index is 3.77. The highest BCUT2D eigenvalue weighted by Gasteiger charge is 2.25. The zero-order valence-corrected chi connectivity index (χ0v) is 41.8. The summed E-state index contributed by atoms with van der Waals surface area (Å²) >= 11 is 0. The van der Waals surface area contributed by atoms with Gasteiger partial charge in [-0.15, -0.1) is 0 Å². The van der Waals surface area contributed by atoms with Gasteiger partial charge in [-0.05, 0) is 12.8 Å². The summed E-state index contributed by atoms with van der Waals surface area (Å²) in [4.78, 5) is 22.6. The Morgan fingerprint density at radius 1 is 0.426 bits per heavy atom. The third-order valence-electron chi connectivity index (χ3n) is 12.3. The van der Waals surface area contributed by atoms with Gasteiger partial charge in [-0.2, -0.15) is 0 Å². The molecule has 0 aliphatic heterocycles. The van der Waals surface area contributed by atoms with Crippen molar-refractivity contribution < 1.29 is 32.8 Å². The number of unbranched alkanes of at least 4 members (excludes halogenated alkanes) is 40. The van der Waals surface area contributed by atoms with Crippen LogP contribution in [0, 0.1) is 0 Å². The second-order valence-corrected chi connectivity index (χ2v) is 19.9. The Morgan fingerprint density at radius 2 is 0.721 bits per heavy atom. The van der Waals surface area contributed by atoms with Gasteiger partial charge >= 0.3 is 13.8 Å². The van der Waals surface area contributed by atoms with Gasteiger partial charge < -0.3 is 20.1 Å². The van der Waals surface area contributed by atoms with Crippen LogP contribution >= 0.6 is 7.82 Å². The van der Waals surface area contributed by atoms with E-state index in [4.69, 9.17) is 24.3 Å². The standard InChI is InChI=1S/C52H106NO7P/c1-3-5-7-9-11-13-15-17-19-20-21-22-23-24-25-26-27-28-29-30-31-32-33-35-37-39-41-43-45-52(54)60-51(50-59-61(55,56)58-48-46-53)49-57-47-44-42-40-38-36-34-18-16-14-12-10-8-6-4-2/h51H,3-50,53H2,1-2H3,(H,55,56)/t51-/m1/s1. The lowest BCUT2D eigenvalue weighted by Crippen LogP contribution is -2.28. The first-order chi connectivity index (χ1) is 29.9. The fourth-order valence-corrected chi connectivity index (χ4v) is 9.06. The average Bonchev–Trinajstić information content (AvgIpc) is 3.25. The molecule has 8 nitrogen and oxygen atoms in total.